The number of nitrogens with zero attached hydrogens (tertiary/aromatic N) is 2. The lowest BCUT2D eigenvalue weighted by Crippen LogP contribution is -2.42. The molecule has 1 aliphatic rings. The molecule has 2 amide bonds. The molecule has 4 nitrogen and oxygen atoms in total. The van der Waals surface area contributed by atoms with Crippen LogP contribution in [0.3, 0.4) is 0 Å². The summed E-state index contributed by atoms with van der Waals surface area (Å²) in [5, 5.41) is 0. The van der Waals surface area contributed by atoms with Crippen molar-refractivity contribution in [2.24, 2.45) is 0 Å². The Morgan fingerprint density at radius 2 is 2.08 bits per heavy atom. The molecule has 0 unspecified atom stereocenters. The summed E-state index contributed by atoms with van der Waals surface area (Å²) in [6.07, 6.45) is 2.28. The van der Waals surface area contributed by atoms with Crippen molar-refractivity contribution in [2.75, 3.05) is 34.4 Å². The Hall–Kier alpha value is -0.770. The van der Waals surface area contributed by atoms with Crippen LogP contribution in [0.1, 0.15) is 12.8 Å². The van der Waals surface area contributed by atoms with Crippen LogP contribution >= 0.6 is 0 Å². The average Bonchev–Trinajstić information content (AvgIpc) is 2.88. The van der Waals surface area contributed by atoms with Gasteiger partial charge >= 0.3 is 6.03 Å². The van der Waals surface area contributed by atoms with E-state index in [0.29, 0.717) is 19.2 Å². The third-order valence-electron chi connectivity index (χ3n) is 2.15. The van der Waals surface area contributed by atoms with E-state index in [9.17, 15) is 4.79 Å². The highest BCUT2D eigenvalue weighted by Gasteiger charge is 2.32. The molecule has 0 aromatic carbocycles. The predicted octanol–water partition coefficient (Wildman–Crippen LogP) is 0.779. The molecule has 0 saturated heterocycles. The van der Waals surface area contributed by atoms with Crippen molar-refractivity contribution < 1.29 is 9.53 Å². The summed E-state index contributed by atoms with van der Waals surface area (Å²) in [6, 6.07) is 0.560. The molecule has 1 rings (SSSR count). The number of methoxy groups -OCH3 is 1. The SMILES string of the molecule is COCCN(C(=O)N(C)C)C1CC1. The van der Waals surface area contributed by atoms with Crippen LogP contribution in [0.5, 0.6) is 0 Å². The van der Waals surface area contributed by atoms with E-state index >= 15 is 0 Å². The summed E-state index contributed by atoms with van der Waals surface area (Å²) in [5.74, 6) is 0. The first-order chi connectivity index (χ1) is 6.16. The number of ether oxygens (including phenoxy) is 1. The smallest absolute Gasteiger partial charge is 0.319 e. The Balaban J connectivity index is 2.41. The molecule has 1 aliphatic carbocycles. The Labute approximate surface area is 79.4 Å². The molecule has 76 valence electrons. The molecule has 0 heterocycles. The number of hydrogen-bond acceptors (Lipinski definition) is 2. The third-order valence-corrected chi connectivity index (χ3v) is 2.15. The third kappa shape index (κ3) is 2.88. The monoisotopic (exact) mass is 186 g/mol. The number of carbonyl (C=O) groups is 1. The van der Waals surface area contributed by atoms with Gasteiger partial charge in [0.15, 0.2) is 0 Å². The molecule has 0 aromatic heterocycles. The van der Waals surface area contributed by atoms with Crippen molar-refractivity contribution in [1.29, 1.82) is 0 Å². The highest BCUT2D eigenvalue weighted by Crippen LogP contribution is 2.27. The first-order valence-electron chi connectivity index (χ1n) is 4.63. The maximum Gasteiger partial charge on any atom is 0.319 e. The van der Waals surface area contributed by atoms with Gasteiger partial charge in [0, 0.05) is 33.8 Å². The van der Waals surface area contributed by atoms with Crippen molar-refractivity contribution in [3.63, 3.8) is 0 Å². The van der Waals surface area contributed by atoms with Gasteiger partial charge in [0.05, 0.1) is 6.61 Å². The molecule has 0 spiro atoms. The number of hydrogen-bond donors (Lipinski definition) is 0. The highest BCUT2D eigenvalue weighted by molar-refractivity contribution is 5.74. The van der Waals surface area contributed by atoms with E-state index in [1.54, 1.807) is 26.1 Å². The topological polar surface area (TPSA) is 32.8 Å². The maximum atomic E-state index is 11.6. The minimum atomic E-state index is 0.0968. The standard InChI is InChI=1S/C9H18N2O2/c1-10(2)9(12)11(6-7-13-3)8-4-5-8/h8H,4-7H2,1-3H3. The minimum absolute atomic E-state index is 0.0968. The summed E-state index contributed by atoms with van der Waals surface area (Å²) >= 11 is 0. The van der Waals surface area contributed by atoms with Crippen LogP contribution in [0.25, 0.3) is 0 Å². The van der Waals surface area contributed by atoms with Gasteiger partial charge in [-0.05, 0) is 12.8 Å². The van der Waals surface area contributed by atoms with E-state index in [-0.39, 0.29) is 6.03 Å². The maximum absolute atomic E-state index is 11.6. The Kier molecular flexibility index (Phi) is 3.54. The number of urea groups is 1. The lowest BCUT2D eigenvalue weighted by Gasteiger charge is -2.25. The average molecular weight is 186 g/mol. The zero-order valence-corrected chi connectivity index (χ0v) is 8.62. The Morgan fingerprint density at radius 1 is 1.46 bits per heavy atom. The number of rotatable bonds is 4. The van der Waals surface area contributed by atoms with E-state index in [2.05, 4.69) is 0 Å². The van der Waals surface area contributed by atoms with Crippen molar-refractivity contribution in [3.05, 3.63) is 0 Å². The molecule has 13 heavy (non-hydrogen) atoms. The van der Waals surface area contributed by atoms with Gasteiger partial charge in [0.1, 0.15) is 0 Å². The van der Waals surface area contributed by atoms with Gasteiger partial charge in [0.25, 0.3) is 0 Å². The van der Waals surface area contributed by atoms with Gasteiger partial charge in [-0.3, -0.25) is 0 Å². The number of carbonyl (C=O) groups excluding carboxylic acids is 1. The van der Waals surface area contributed by atoms with Crippen molar-refractivity contribution in [1.82, 2.24) is 9.80 Å². The van der Waals surface area contributed by atoms with Crippen LogP contribution < -0.4 is 0 Å². The van der Waals surface area contributed by atoms with Gasteiger partial charge < -0.3 is 14.5 Å². The molecular weight excluding hydrogens is 168 g/mol. The van der Waals surface area contributed by atoms with Gasteiger partial charge in [-0.25, -0.2) is 4.79 Å². The highest BCUT2D eigenvalue weighted by atomic mass is 16.5. The fourth-order valence-corrected chi connectivity index (χ4v) is 1.27. The summed E-state index contributed by atoms with van der Waals surface area (Å²) in [5.41, 5.74) is 0. The fraction of sp³-hybridized carbons (Fsp3) is 0.889. The normalized spacial score (nSPS) is 15.6. The van der Waals surface area contributed by atoms with E-state index in [0.717, 1.165) is 12.8 Å². The summed E-state index contributed by atoms with van der Waals surface area (Å²) in [6.45, 7) is 1.33. The molecular formula is C9H18N2O2. The largest absolute Gasteiger partial charge is 0.383 e. The second-order valence-electron chi connectivity index (χ2n) is 3.59. The second-order valence-corrected chi connectivity index (χ2v) is 3.59. The molecule has 0 atom stereocenters. The van der Waals surface area contributed by atoms with Crippen molar-refractivity contribution >= 4 is 6.03 Å². The van der Waals surface area contributed by atoms with Crippen LogP contribution in [0.2, 0.25) is 0 Å². The van der Waals surface area contributed by atoms with E-state index in [1.165, 1.54) is 0 Å². The van der Waals surface area contributed by atoms with Crippen LogP contribution in [0.15, 0.2) is 0 Å². The molecule has 1 saturated carbocycles. The van der Waals surface area contributed by atoms with Crippen molar-refractivity contribution in [2.45, 2.75) is 18.9 Å². The summed E-state index contributed by atoms with van der Waals surface area (Å²) < 4.78 is 4.97. The fourth-order valence-electron chi connectivity index (χ4n) is 1.27. The number of amides is 2. The molecule has 1 fully saturated rings. The van der Waals surface area contributed by atoms with Crippen molar-refractivity contribution in [3.8, 4) is 0 Å². The molecule has 0 radical (unpaired) electrons. The first-order valence-corrected chi connectivity index (χ1v) is 4.63. The molecule has 0 bridgehead atoms. The zero-order chi connectivity index (χ0) is 9.84. The Bertz CT molecular complexity index is 178. The van der Waals surface area contributed by atoms with Gasteiger partial charge in [-0.15, -0.1) is 0 Å². The predicted molar refractivity (Wildman–Crippen MR) is 50.7 cm³/mol. The second kappa shape index (κ2) is 4.46. The first kappa shape index (κ1) is 10.3. The van der Waals surface area contributed by atoms with E-state index in [4.69, 9.17) is 4.74 Å². The molecule has 4 heteroatoms. The lowest BCUT2D eigenvalue weighted by molar-refractivity contribution is 0.132. The molecule has 0 aliphatic heterocycles. The molecule has 0 N–H and O–H groups in total. The zero-order valence-electron chi connectivity index (χ0n) is 8.62. The quantitative estimate of drug-likeness (QED) is 0.650. The van der Waals surface area contributed by atoms with Crippen LogP contribution in [0, 0.1) is 0 Å². The van der Waals surface area contributed by atoms with Gasteiger partial charge in [-0.1, -0.05) is 0 Å². The van der Waals surface area contributed by atoms with E-state index < -0.39 is 0 Å². The van der Waals surface area contributed by atoms with Gasteiger partial charge in [0.2, 0.25) is 0 Å². The molecule has 0 aromatic rings. The summed E-state index contributed by atoms with van der Waals surface area (Å²) in [7, 11) is 5.22. The van der Waals surface area contributed by atoms with Crippen LogP contribution in [-0.2, 0) is 4.74 Å². The Morgan fingerprint density at radius 3 is 2.46 bits per heavy atom. The van der Waals surface area contributed by atoms with Gasteiger partial charge in [-0.2, -0.15) is 0 Å². The lowest BCUT2D eigenvalue weighted by atomic mass is 10.5. The summed E-state index contributed by atoms with van der Waals surface area (Å²) in [4.78, 5) is 15.1. The minimum Gasteiger partial charge on any atom is -0.383 e. The van der Waals surface area contributed by atoms with Crippen LogP contribution in [-0.4, -0.2) is 56.2 Å². The van der Waals surface area contributed by atoms with Crippen LogP contribution in [0.4, 0.5) is 4.79 Å². The van der Waals surface area contributed by atoms with E-state index in [1.807, 2.05) is 4.90 Å².